The number of aromatic carboxylic acids is 1. The highest BCUT2D eigenvalue weighted by molar-refractivity contribution is 7.86. The summed E-state index contributed by atoms with van der Waals surface area (Å²) in [6.07, 6.45) is 0.466. The molecule has 352 valence electrons. The minimum Gasteiger partial charge on any atom is -0.478 e. The third-order valence-electron chi connectivity index (χ3n) is 9.82. The van der Waals surface area contributed by atoms with Crippen molar-refractivity contribution in [1.29, 1.82) is 0 Å². The molecule has 6 rings (SSSR count). The molecule has 0 bridgehead atoms. The van der Waals surface area contributed by atoms with E-state index < -0.39 is 45.4 Å². The Morgan fingerprint density at radius 3 is 1.63 bits per heavy atom. The Morgan fingerprint density at radius 2 is 1.10 bits per heavy atom. The molecule has 8 N–H and O–H groups in total. The van der Waals surface area contributed by atoms with E-state index in [4.69, 9.17) is 0 Å². The number of carbonyl (C=O) groups is 1. The van der Waals surface area contributed by atoms with Gasteiger partial charge in [0.25, 0.3) is 10.1 Å². The summed E-state index contributed by atoms with van der Waals surface area (Å²) < 4.78 is 35.9. The number of aromatic nitrogens is 6. The number of hydrogen-bond donors (Lipinski definition) is 8. The van der Waals surface area contributed by atoms with Gasteiger partial charge in [-0.05, 0) is 80.3 Å². The van der Waals surface area contributed by atoms with Crippen molar-refractivity contribution >= 4 is 63.4 Å². The van der Waals surface area contributed by atoms with E-state index in [1.165, 1.54) is 24.3 Å². The maximum Gasteiger partial charge on any atom is 0.335 e. The molecule has 0 aliphatic carbocycles. The van der Waals surface area contributed by atoms with E-state index in [9.17, 15) is 43.3 Å². The van der Waals surface area contributed by atoms with E-state index in [1.807, 2.05) is 30.3 Å². The smallest absolute Gasteiger partial charge is 0.335 e. The highest BCUT2D eigenvalue weighted by Gasteiger charge is 2.22. The second kappa shape index (κ2) is 22.5. The van der Waals surface area contributed by atoms with Crippen molar-refractivity contribution in [1.82, 2.24) is 29.9 Å². The van der Waals surface area contributed by atoms with E-state index in [1.54, 1.807) is 92.1 Å². The predicted molar refractivity (Wildman–Crippen MR) is 254 cm³/mol. The lowest BCUT2D eigenvalue weighted by Crippen LogP contribution is -2.38. The van der Waals surface area contributed by atoms with Gasteiger partial charge < -0.3 is 46.0 Å². The molecule has 4 atom stereocenters. The maximum absolute atomic E-state index is 12.8. The summed E-state index contributed by atoms with van der Waals surface area (Å²) in [7, 11) is -4.78. The molecule has 0 aliphatic heterocycles. The Labute approximate surface area is 388 Å². The first-order valence-electron chi connectivity index (χ1n) is 21.4. The molecule has 0 aliphatic rings. The fourth-order valence-electron chi connectivity index (χ4n) is 7.05. The van der Waals surface area contributed by atoms with Crippen LogP contribution in [0.15, 0.2) is 102 Å². The molecule has 2 heterocycles. The summed E-state index contributed by atoms with van der Waals surface area (Å²) in [4.78, 5) is 42.3. The van der Waals surface area contributed by atoms with Crippen LogP contribution in [0.3, 0.4) is 0 Å². The maximum atomic E-state index is 12.8. The van der Waals surface area contributed by atoms with Gasteiger partial charge in [0.05, 0.1) is 30.0 Å². The molecule has 4 unspecified atom stereocenters. The van der Waals surface area contributed by atoms with Crippen LogP contribution in [0.5, 0.6) is 0 Å². The van der Waals surface area contributed by atoms with Crippen LogP contribution in [-0.2, 0) is 23.0 Å². The summed E-state index contributed by atoms with van der Waals surface area (Å²) >= 11 is 0. The number of rotatable bonds is 22. The summed E-state index contributed by atoms with van der Waals surface area (Å²) in [6, 6.07) is 27.4. The molecule has 2 aromatic heterocycles. The van der Waals surface area contributed by atoms with Crippen LogP contribution in [0.2, 0.25) is 0 Å². The first-order valence-corrected chi connectivity index (χ1v) is 22.8. The lowest BCUT2D eigenvalue weighted by molar-refractivity contribution is 0.0695. The van der Waals surface area contributed by atoms with E-state index >= 15 is 0 Å². The standard InChI is InChI=1S/C47H54N10O9S/c1-29(58)25-56(26-30(2)59)46-52-41(22-34-10-6-5-7-11-34)50-44(54-46)48-37-19-15-33(16-20-37)14-17-35-18-21-38(24-40(35)67(64,65)66)49-45-51-42(23-36-12-8-9-13-39(36)43(62)63)53-47(55-45)57(27-31(3)60)28-32(4)61/h5-21,24,29-32,58-61H,22-23,25-28H2,1-4H3,(H,62,63)(H,64,65,66)(H,48,50,52,54)(H,49,51,53,55)/b17-14+. The third-order valence-corrected chi connectivity index (χ3v) is 10.7. The zero-order valence-electron chi connectivity index (χ0n) is 37.3. The van der Waals surface area contributed by atoms with Crippen LogP contribution in [0, 0.1) is 0 Å². The van der Waals surface area contributed by atoms with E-state index in [0.717, 1.165) is 5.56 Å². The number of aliphatic hydroxyl groups excluding tert-OH is 4. The first-order chi connectivity index (χ1) is 31.9. The van der Waals surface area contributed by atoms with Crippen LogP contribution in [0.1, 0.15) is 72.0 Å². The first kappa shape index (κ1) is 49.5. The van der Waals surface area contributed by atoms with Crippen LogP contribution in [0.25, 0.3) is 12.2 Å². The van der Waals surface area contributed by atoms with Gasteiger partial charge in [-0.2, -0.15) is 38.3 Å². The number of benzene rings is 4. The third kappa shape index (κ3) is 14.8. The van der Waals surface area contributed by atoms with Crippen LogP contribution in [-0.4, -0.2) is 125 Å². The Bertz CT molecular complexity index is 2740. The van der Waals surface area contributed by atoms with Gasteiger partial charge in [0.15, 0.2) is 0 Å². The van der Waals surface area contributed by atoms with E-state index in [0.29, 0.717) is 29.1 Å². The SMILES string of the molecule is CC(O)CN(CC(C)O)c1nc(Cc2ccccc2)nc(Nc2ccc(/C=C/c3ccc(Nc4nc(Cc5ccccc5C(=O)O)nc(N(CC(C)O)CC(C)O)n4)cc3S(=O)(=O)O)cc2)n1. The number of carboxylic acids is 1. The summed E-state index contributed by atoms with van der Waals surface area (Å²) in [6.45, 7) is 6.86. The van der Waals surface area contributed by atoms with Gasteiger partial charge in [-0.1, -0.05) is 78.9 Å². The summed E-state index contributed by atoms with van der Waals surface area (Å²) in [5.41, 5.74) is 3.11. The van der Waals surface area contributed by atoms with Gasteiger partial charge in [-0.3, -0.25) is 4.55 Å². The second-order valence-electron chi connectivity index (χ2n) is 16.2. The predicted octanol–water partition coefficient (Wildman–Crippen LogP) is 4.98. The monoisotopic (exact) mass is 934 g/mol. The second-order valence-corrected chi connectivity index (χ2v) is 17.6. The van der Waals surface area contributed by atoms with Crippen LogP contribution in [0.4, 0.5) is 35.2 Å². The van der Waals surface area contributed by atoms with Crippen molar-refractivity contribution < 1.29 is 43.3 Å². The van der Waals surface area contributed by atoms with E-state index in [-0.39, 0.29) is 79.0 Å². The fourth-order valence-corrected chi connectivity index (χ4v) is 7.76. The molecule has 0 fully saturated rings. The minimum atomic E-state index is -4.78. The molecular weight excluding hydrogens is 881 g/mol. The summed E-state index contributed by atoms with van der Waals surface area (Å²) in [5.74, 6) is 0.0352. The number of hydrogen-bond acceptors (Lipinski definition) is 17. The van der Waals surface area contributed by atoms with Crippen molar-refractivity contribution in [3.8, 4) is 0 Å². The lowest BCUT2D eigenvalue weighted by Gasteiger charge is -2.26. The largest absolute Gasteiger partial charge is 0.478 e. The lowest BCUT2D eigenvalue weighted by atomic mass is 10.0. The molecular formula is C47H54N10O9S. The molecule has 67 heavy (non-hydrogen) atoms. The highest BCUT2D eigenvalue weighted by Crippen LogP contribution is 2.27. The number of nitrogens with zero attached hydrogens (tertiary/aromatic N) is 8. The Kier molecular flexibility index (Phi) is 16.6. The van der Waals surface area contributed by atoms with Crippen molar-refractivity contribution in [2.45, 2.75) is 69.8 Å². The number of nitrogens with one attached hydrogen (secondary N) is 2. The molecule has 0 radical (unpaired) electrons. The van der Waals surface area contributed by atoms with Crippen molar-refractivity contribution in [2.75, 3.05) is 46.6 Å². The summed E-state index contributed by atoms with van der Waals surface area (Å²) in [5, 5.41) is 56.9. The zero-order valence-corrected chi connectivity index (χ0v) is 38.2. The average molecular weight is 935 g/mol. The number of anilines is 6. The molecule has 0 spiro atoms. The Hall–Kier alpha value is -6.94. The van der Waals surface area contributed by atoms with Crippen LogP contribution < -0.4 is 20.4 Å². The molecule has 4 aromatic carbocycles. The van der Waals surface area contributed by atoms with Gasteiger partial charge in [-0.15, -0.1) is 0 Å². The van der Waals surface area contributed by atoms with Crippen molar-refractivity contribution in [2.24, 2.45) is 0 Å². The number of aliphatic hydroxyl groups is 4. The fraction of sp³-hybridized carbons (Fsp3) is 0.298. The normalized spacial score (nSPS) is 13.4. The molecule has 0 amide bonds. The highest BCUT2D eigenvalue weighted by atomic mass is 32.2. The topological polar surface area (TPSA) is 280 Å². The molecule has 19 nitrogen and oxygen atoms in total. The Morgan fingerprint density at radius 1 is 0.612 bits per heavy atom. The zero-order chi connectivity index (χ0) is 48.3. The van der Waals surface area contributed by atoms with Crippen molar-refractivity contribution in [3.63, 3.8) is 0 Å². The van der Waals surface area contributed by atoms with Gasteiger partial charge in [0, 0.05) is 50.4 Å². The molecule has 0 saturated carbocycles. The molecule has 0 saturated heterocycles. The van der Waals surface area contributed by atoms with Gasteiger partial charge >= 0.3 is 5.97 Å². The quantitative estimate of drug-likeness (QED) is 0.0329. The molecule has 20 heteroatoms. The van der Waals surface area contributed by atoms with Crippen molar-refractivity contribution in [3.05, 3.63) is 137 Å². The minimum absolute atomic E-state index is 0.0244. The molecule has 6 aromatic rings. The average Bonchev–Trinajstić information content (AvgIpc) is 3.25. The van der Waals surface area contributed by atoms with Crippen LogP contribution >= 0.6 is 0 Å². The Balaban J connectivity index is 1.26. The van der Waals surface area contributed by atoms with Gasteiger partial charge in [-0.25, -0.2) is 4.79 Å². The van der Waals surface area contributed by atoms with Gasteiger partial charge in [0.1, 0.15) is 16.5 Å². The number of carboxylic acid groups (broad SMARTS) is 1. The van der Waals surface area contributed by atoms with Gasteiger partial charge in [0.2, 0.25) is 23.8 Å². The van der Waals surface area contributed by atoms with E-state index in [2.05, 4.69) is 40.5 Å².